The number of carbonyl (C=O) groups is 1. The zero-order valence-corrected chi connectivity index (χ0v) is 13.6. The molecule has 0 N–H and O–H groups in total. The van der Waals surface area contributed by atoms with E-state index in [0.717, 1.165) is 12.8 Å². The van der Waals surface area contributed by atoms with Crippen LogP contribution in [0.3, 0.4) is 0 Å². The lowest BCUT2D eigenvalue weighted by atomic mass is 10.1. The summed E-state index contributed by atoms with van der Waals surface area (Å²) in [7, 11) is 0. The number of ketones is 1. The molecule has 4 heteroatoms. The molecule has 0 unspecified atom stereocenters. The van der Waals surface area contributed by atoms with E-state index in [2.05, 4.69) is 18.8 Å². The van der Waals surface area contributed by atoms with E-state index < -0.39 is 0 Å². The van der Waals surface area contributed by atoms with Crippen LogP contribution >= 0.6 is 0 Å². The zero-order chi connectivity index (χ0) is 15.7. The van der Waals surface area contributed by atoms with E-state index in [9.17, 15) is 4.79 Å². The van der Waals surface area contributed by atoms with Crippen molar-refractivity contribution in [2.24, 2.45) is 5.92 Å². The van der Waals surface area contributed by atoms with Crippen LogP contribution in [0.25, 0.3) is 0 Å². The first-order valence-electron chi connectivity index (χ1n) is 7.70. The van der Waals surface area contributed by atoms with Gasteiger partial charge in [0, 0.05) is 24.8 Å². The molecule has 1 heterocycles. The number of ether oxygens (including phenoxy) is 2. The molecule has 118 valence electrons. The van der Waals surface area contributed by atoms with Crippen molar-refractivity contribution in [3.05, 3.63) is 23.9 Å². The molecule has 4 nitrogen and oxygen atoms in total. The van der Waals surface area contributed by atoms with Crippen molar-refractivity contribution in [2.45, 2.75) is 46.5 Å². The van der Waals surface area contributed by atoms with Gasteiger partial charge in [-0.15, -0.1) is 0 Å². The summed E-state index contributed by atoms with van der Waals surface area (Å²) in [5.74, 6) is 1.35. The topological polar surface area (TPSA) is 48.4 Å². The standard InChI is InChI=1S/C17H27NO3/c1-13(2)15-7-8-17(18-11-15)21-10-6-5-9-20-12-16(19)14(3)4/h7-8,11,13-14H,5-6,9-10,12H2,1-4H3. The third-order valence-electron chi connectivity index (χ3n) is 3.25. The van der Waals surface area contributed by atoms with Gasteiger partial charge in [-0.25, -0.2) is 4.98 Å². The van der Waals surface area contributed by atoms with Gasteiger partial charge in [0.2, 0.25) is 5.88 Å². The monoisotopic (exact) mass is 293 g/mol. The van der Waals surface area contributed by atoms with E-state index in [1.54, 1.807) is 0 Å². The Hall–Kier alpha value is -1.42. The van der Waals surface area contributed by atoms with Crippen LogP contribution in [0, 0.1) is 5.92 Å². The van der Waals surface area contributed by atoms with Crippen molar-refractivity contribution in [1.82, 2.24) is 4.98 Å². The molecule has 0 bridgehead atoms. The van der Waals surface area contributed by atoms with Gasteiger partial charge in [-0.3, -0.25) is 4.79 Å². The average molecular weight is 293 g/mol. The Labute approximate surface area is 127 Å². The SMILES string of the molecule is CC(C)C(=O)COCCCCOc1ccc(C(C)C)cn1. The fourth-order valence-electron chi connectivity index (χ4n) is 1.64. The molecule has 21 heavy (non-hydrogen) atoms. The predicted molar refractivity (Wildman–Crippen MR) is 83.7 cm³/mol. The molecular weight excluding hydrogens is 266 g/mol. The number of rotatable bonds is 10. The molecule has 0 saturated carbocycles. The molecule has 0 atom stereocenters. The highest BCUT2D eigenvalue weighted by molar-refractivity contribution is 5.81. The highest BCUT2D eigenvalue weighted by atomic mass is 16.5. The normalized spacial score (nSPS) is 11.1. The van der Waals surface area contributed by atoms with Crippen LogP contribution in [0.4, 0.5) is 0 Å². The largest absolute Gasteiger partial charge is 0.478 e. The maximum atomic E-state index is 11.3. The molecule has 0 fully saturated rings. The molecule has 0 amide bonds. The lowest BCUT2D eigenvalue weighted by Crippen LogP contribution is -2.15. The van der Waals surface area contributed by atoms with Gasteiger partial charge in [0.15, 0.2) is 5.78 Å². The van der Waals surface area contributed by atoms with E-state index in [4.69, 9.17) is 9.47 Å². The lowest BCUT2D eigenvalue weighted by molar-refractivity contribution is -0.126. The second kappa shape index (κ2) is 9.50. The Bertz CT molecular complexity index is 413. The summed E-state index contributed by atoms with van der Waals surface area (Å²) in [5, 5.41) is 0. The van der Waals surface area contributed by atoms with E-state index in [1.165, 1.54) is 5.56 Å². The summed E-state index contributed by atoms with van der Waals surface area (Å²) in [6.07, 6.45) is 3.64. The summed E-state index contributed by atoms with van der Waals surface area (Å²) in [5.41, 5.74) is 1.21. The third-order valence-corrected chi connectivity index (χ3v) is 3.25. The number of hydrogen-bond donors (Lipinski definition) is 0. The summed E-state index contributed by atoms with van der Waals surface area (Å²) in [6.45, 7) is 9.49. The van der Waals surface area contributed by atoms with Crippen molar-refractivity contribution < 1.29 is 14.3 Å². The number of unbranched alkanes of at least 4 members (excludes halogenated alkanes) is 1. The first-order chi connectivity index (χ1) is 10.0. The van der Waals surface area contributed by atoms with Crippen LogP contribution in [0.1, 0.15) is 52.0 Å². The number of hydrogen-bond acceptors (Lipinski definition) is 4. The number of aromatic nitrogens is 1. The van der Waals surface area contributed by atoms with Crippen molar-refractivity contribution in [3.63, 3.8) is 0 Å². The van der Waals surface area contributed by atoms with Crippen molar-refractivity contribution >= 4 is 5.78 Å². The van der Waals surface area contributed by atoms with Gasteiger partial charge in [0.05, 0.1) is 6.61 Å². The molecular formula is C17H27NO3. The van der Waals surface area contributed by atoms with Gasteiger partial charge in [-0.05, 0) is 24.3 Å². The number of carbonyl (C=O) groups excluding carboxylic acids is 1. The third kappa shape index (κ3) is 7.23. The van der Waals surface area contributed by atoms with Crippen LogP contribution in [0.2, 0.25) is 0 Å². The minimum Gasteiger partial charge on any atom is -0.478 e. The first-order valence-corrected chi connectivity index (χ1v) is 7.70. The van der Waals surface area contributed by atoms with Gasteiger partial charge < -0.3 is 9.47 Å². The molecule has 0 aliphatic rings. The first kappa shape index (κ1) is 17.6. The van der Waals surface area contributed by atoms with Crippen LogP contribution < -0.4 is 4.74 Å². The lowest BCUT2D eigenvalue weighted by Gasteiger charge is -2.08. The van der Waals surface area contributed by atoms with E-state index >= 15 is 0 Å². The number of pyridine rings is 1. The van der Waals surface area contributed by atoms with Crippen LogP contribution in [-0.2, 0) is 9.53 Å². The molecule has 0 aliphatic carbocycles. The van der Waals surface area contributed by atoms with E-state index in [0.29, 0.717) is 25.0 Å². The Kier molecular flexibility index (Phi) is 7.98. The van der Waals surface area contributed by atoms with Crippen LogP contribution in [0.5, 0.6) is 5.88 Å². The molecule has 0 aromatic carbocycles. The van der Waals surface area contributed by atoms with E-state index in [-0.39, 0.29) is 18.3 Å². The smallest absolute Gasteiger partial charge is 0.213 e. The Morgan fingerprint density at radius 3 is 2.43 bits per heavy atom. The second-order valence-corrected chi connectivity index (χ2v) is 5.81. The van der Waals surface area contributed by atoms with Crippen molar-refractivity contribution in [1.29, 1.82) is 0 Å². The van der Waals surface area contributed by atoms with Crippen molar-refractivity contribution in [3.8, 4) is 5.88 Å². The average Bonchev–Trinajstić information content (AvgIpc) is 2.46. The van der Waals surface area contributed by atoms with Gasteiger partial charge >= 0.3 is 0 Å². The molecule has 1 rings (SSSR count). The molecule has 0 aliphatic heterocycles. The van der Waals surface area contributed by atoms with Gasteiger partial charge in [-0.2, -0.15) is 0 Å². The molecule has 1 aromatic heterocycles. The van der Waals surface area contributed by atoms with Crippen molar-refractivity contribution in [2.75, 3.05) is 19.8 Å². The summed E-state index contributed by atoms with van der Waals surface area (Å²) in [6, 6.07) is 3.96. The van der Waals surface area contributed by atoms with Gasteiger partial charge in [0.1, 0.15) is 6.61 Å². The predicted octanol–water partition coefficient (Wildman–Crippen LogP) is 3.61. The summed E-state index contributed by atoms with van der Waals surface area (Å²) < 4.78 is 10.9. The summed E-state index contributed by atoms with van der Waals surface area (Å²) in [4.78, 5) is 15.6. The quantitative estimate of drug-likeness (QED) is 0.618. The minimum absolute atomic E-state index is 0.0493. The fraction of sp³-hybridized carbons (Fsp3) is 0.647. The zero-order valence-electron chi connectivity index (χ0n) is 13.6. The molecule has 0 saturated heterocycles. The van der Waals surface area contributed by atoms with Gasteiger partial charge in [0.25, 0.3) is 0 Å². The Morgan fingerprint density at radius 2 is 1.86 bits per heavy atom. The maximum absolute atomic E-state index is 11.3. The molecule has 0 spiro atoms. The van der Waals surface area contributed by atoms with E-state index in [1.807, 2.05) is 32.2 Å². The second-order valence-electron chi connectivity index (χ2n) is 5.81. The van der Waals surface area contributed by atoms with Gasteiger partial charge in [-0.1, -0.05) is 33.8 Å². The molecule has 0 radical (unpaired) electrons. The molecule has 1 aromatic rings. The number of Topliss-reactive ketones (excluding diaryl/α,β-unsaturated/α-hetero) is 1. The highest BCUT2D eigenvalue weighted by Gasteiger charge is 2.06. The summed E-state index contributed by atoms with van der Waals surface area (Å²) >= 11 is 0. The number of nitrogens with zero attached hydrogens (tertiary/aromatic N) is 1. The Morgan fingerprint density at radius 1 is 1.14 bits per heavy atom. The van der Waals surface area contributed by atoms with Crippen LogP contribution in [-0.4, -0.2) is 30.6 Å². The minimum atomic E-state index is 0.0493. The maximum Gasteiger partial charge on any atom is 0.213 e. The fourth-order valence-corrected chi connectivity index (χ4v) is 1.64. The van der Waals surface area contributed by atoms with Crippen LogP contribution in [0.15, 0.2) is 18.3 Å². The highest BCUT2D eigenvalue weighted by Crippen LogP contribution is 2.15. The Balaban J connectivity index is 2.08.